The largest absolute Gasteiger partial charge is 0.507 e. The number of carbonyl (C=O) groups is 1. The van der Waals surface area contributed by atoms with Gasteiger partial charge >= 0.3 is 5.97 Å². The number of nitrogens with zero attached hydrogens (tertiary/aromatic N) is 1. The number of carbonyl (C=O) groups excluding carboxylic acids is 1. The Hall–Kier alpha value is -3.61. The summed E-state index contributed by atoms with van der Waals surface area (Å²) < 4.78 is 9.72. The first-order valence-electron chi connectivity index (χ1n) is 7.69. The van der Waals surface area contributed by atoms with Crippen LogP contribution in [-0.4, -0.2) is 35.3 Å². The third-order valence-electron chi connectivity index (χ3n) is 3.80. The van der Waals surface area contributed by atoms with Crippen molar-refractivity contribution in [2.45, 2.75) is 0 Å². The summed E-state index contributed by atoms with van der Waals surface area (Å²) in [5.74, 6) is 0.0506. The summed E-state index contributed by atoms with van der Waals surface area (Å²) in [6.45, 7) is 0. The molecule has 0 aliphatic carbocycles. The van der Waals surface area contributed by atoms with E-state index in [1.165, 1.54) is 19.3 Å². The van der Waals surface area contributed by atoms with Gasteiger partial charge in [-0.1, -0.05) is 0 Å². The van der Waals surface area contributed by atoms with E-state index >= 15 is 0 Å². The SMILES string of the molecule is COC(=O)c1ccc2nc(C=C(O)c3ccc(OC)cc3)c(=O)[nH]c2c1. The summed E-state index contributed by atoms with van der Waals surface area (Å²) in [5.41, 5.74) is 1.27. The van der Waals surface area contributed by atoms with Crippen molar-refractivity contribution in [3.8, 4) is 5.75 Å². The summed E-state index contributed by atoms with van der Waals surface area (Å²) in [6.07, 6.45) is 1.29. The zero-order valence-electron chi connectivity index (χ0n) is 14.1. The number of fused-ring (bicyclic) bond motifs is 1. The maximum absolute atomic E-state index is 12.2. The fourth-order valence-corrected chi connectivity index (χ4v) is 2.42. The van der Waals surface area contributed by atoms with E-state index in [1.807, 2.05) is 0 Å². The quantitative estimate of drug-likeness (QED) is 0.553. The topological polar surface area (TPSA) is 102 Å². The molecule has 0 fully saturated rings. The molecule has 2 N–H and O–H groups in total. The second kappa shape index (κ2) is 7.10. The highest BCUT2D eigenvalue weighted by Crippen LogP contribution is 2.18. The highest BCUT2D eigenvalue weighted by Gasteiger charge is 2.10. The summed E-state index contributed by atoms with van der Waals surface area (Å²) in [5, 5.41) is 10.2. The fourth-order valence-electron chi connectivity index (χ4n) is 2.42. The molecule has 1 aromatic heterocycles. The number of nitrogens with one attached hydrogen (secondary N) is 1. The molecule has 0 amide bonds. The van der Waals surface area contributed by atoms with Gasteiger partial charge in [0.05, 0.1) is 30.8 Å². The van der Waals surface area contributed by atoms with Crippen LogP contribution in [0.15, 0.2) is 47.3 Å². The molecule has 2 aromatic carbocycles. The van der Waals surface area contributed by atoms with Gasteiger partial charge in [-0.3, -0.25) is 4.79 Å². The minimum absolute atomic E-state index is 0.0524. The van der Waals surface area contributed by atoms with Crippen molar-refractivity contribution in [1.82, 2.24) is 9.97 Å². The van der Waals surface area contributed by atoms with Crippen molar-refractivity contribution in [2.75, 3.05) is 14.2 Å². The van der Waals surface area contributed by atoms with Crippen molar-refractivity contribution in [3.05, 3.63) is 69.6 Å². The third kappa shape index (κ3) is 3.41. The smallest absolute Gasteiger partial charge is 0.337 e. The molecule has 3 aromatic rings. The monoisotopic (exact) mass is 352 g/mol. The van der Waals surface area contributed by atoms with Crippen molar-refractivity contribution in [1.29, 1.82) is 0 Å². The Labute approximate surface area is 148 Å². The molecule has 7 nitrogen and oxygen atoms in total. The Morgan fingerprint density at radius 3 is 2.46 bits per heavy atom. The Kier molecular flexibility index (Phi) is 4.70. The standard InChI is InChI=1S/C19H16N2O5/c1-25-13-6-3-11(4-7-13)17(22)10-16-18(23)21-15-9-12(19(24)26-2)5-8-14(15)20-16/h3-10,22H,1-2H3,(H,21,23). The van der Waals surface area contributed by atoms with Crippen LogP contribution in [-0.2, 0) is 4.74 Å². The number of aromatic nitrogens is 2. The Morgan fingerprint density at radius 2 is 1.81 bits per heavy atom. The number of aliphatic hydroxyl groups is 1. The molecule has 0 aliphatic rings. The number of benzene rings is 2. The maximum atomic E-state index is 12.2. The number of rotatable bonds is 4. The first kappa shape index (κ1) is 17.2. The highest BCUT2D eigenvalue weighted by molar-refractivity contribution is 5.93. The predicted octanol–water partition coefficient (Wildman–Crippen LogP) is 2.77. The fraction of sp³-hybridized carbons (Fsp3) is 0.105. The summed E-state index contributed by atoms with van der Waals surface area (Å²) in [7, 11) is 2.83. The molecule has 0 atom stereocenters. The van der Waals surface area contributed by atoms with Crippen molar-refractivity contribution in [3.63, 3.8) is 0 Å². The Balaban J connectivity index is 2.00. The van der Waals surface area contributed by atoms with Gasteiger partial charge < -0.3 is 19.6 Å². The maximum Gasteiger partial charge on any atom is 0.337 e. The number of aliphatic hydroxyl groups excluding tert-OH is 1. The first-order chi connectivity index (χ1) is 12.5. The van der Waals surface area contributed by atoms with E-state index in [0.29, 0.717) is 27.9 Å². The second-order valence-corrected chi connectivity index (χ2v) is 5.43. The molecular formula is C19H16N2O5. The summed E-state index contributed by atoms with van der Waals surface area (Å²) in [6, 6.07) is 11.4. The lowest BCUT2D eigenvalue weighted by molar-refractivity contribution is 0.0601. The van der Waals surface area contributed by atoms with Crippen LogP contribution in [0.5, 0.6) is 5.75 Å². The molecular weight excluding hydrogens is 336 g/mol. The number of methoxy groups -OCH3 is 2. The van der Waals surface area contributed by atoms with E-state index in [2.05, 4.69) is 14.7 Å². The average Bonchev–Trinajstić information content (AvgIpc) is 2.67. The van der Waals surface area contributed by atoms with Crippen LogP contribution in [0.2, 0.25) is 0 Å². The number of hydrogen-bond donors (Lipinski definition) is 2. The molecule has 0 aliphatic heterocycles. The molecule has 7 heteroatoms. The lowest BCUT2D eigenvalue weighted by atomic mass is 10.1. The van der Waals surface area contributed by atoms with E-state index in [0.717, 1.165) is 0 Å². The summed E-state index contributed by atoms with van der Waals surface area (Å²) in [4.78, 5) is 30.7. The van der Waals surface area contributed by atoms with Crippen LogP contribution in [0.3, 0.4) is 0 Å². The summed E-state index contributed by atoms with van der Waals surface area (Å²) >= 11 is 0. The van der Waals surface area contributed by atoms with E-state index in [-0.39, 0.29) is 11.5 Å². The van der Waals surface area contributed by atoms with Crippen LogP contribution >= 0.6 is 0 Å². The molecule has 0 saturated heterocycles. The molecule has 0 spiro atoms. The minimum atomic E-state index is -0.506. The predicted molar refractivity (Wildman–Crippen MR) is 97.2 cm³/mol. The average molecular weight is 352 g/mol. The van der Waals surface area contributed by atoms with E-state index in [4.69, 9.17) is 4.74 Å². The first-order valence-corrected chi connectivity index (χ1v) is 7.69. The van der Waals surface area contributed by atoms with Crippen LogP contribution in [0, 0.1) is 0 Å². The molecule has 0 radical (unpaired) electrons. The minimum Gasteiger partial charge on any atom is -0.507 e. The second-order valence-electron chi connectivity index (χ2n) is 5.43. The Morgan fingerprint density at radius 1 is 1.12 bits per heavy atom. The van der Waals surface area contributed by atoms with E-state index in [1.54, 1.807) is 43.5 Å². The Bertz CT molecular complexity index is 1050. The molecule has 0 bridgehead atoms. The lowest BCUT2D eigenvalue weighted by Gasteiger charge is -2.04. The van der Waals surface area contributed by atoms with Crippen LogP contribution in [0.4, 0.5) is 0 Å². The molecule has 26 heavy (non-hydrogen) atoms. The van der Waals surface area contributed by atoms with Crippen LogP contribution in [0.25, 0.3) is 22.9 Å². The number of hydrogen-bond acceptors (Lipinski definition) is 6. The van der Waals surface area contributed by atoms with E-state index in [9.17, 15) is 14.7 Å². The zero-order valence-corrected chi connectivity index (χ0v) is 14.1. The number of aromatic amines is 1. The van der Waals surface area contributed by atoms with Gasteiger partial charge in [0.15, 0.2) is 0 Å². The van der Waals surface area contributed by atoms with Gasteiger partial charge in [-0.2, -0.15) is 0 Å². The normalized spacial score (nSPS) is 11.4. The van der Waals surface area contributed by atoms with Gasteiger partial charge in [0, 0.05) is 11.6 Å². The van der Waals surface area contributed by atoms with Gasteiger partial charge in [0.1, 0.15) is 17.2 Å². The molecule has 0 unspecified atom stereocenters. The van der Waals surface area contributed by atoms with Crippen LogP contribution in [0.1, 0.15) is 21.6 Å². The van der Waals surface area contributed by atoms with Gasteiger partial charge in [0.2, 0.25) is 0 Å². The van der Waals surface area contributed by atoms with Gasteiger partial charge in [-0.05, 0) is 42.5 Å². The van der Waals surface area contributed by atoms with E-state index < -0.39 is 11.5 Å². The highest BCUT2D eigenvalue weighted by atomic mass is 16.5. The number of H-pyrrole nitrogens is 1. The number of esters is 1. The zero-order chi connectivity index (χ0) is 18.7. The van der Waals surface area contributed by atoms with Crippen molar-refractivity contribution < 1.29 is 19.4 Å². The van der Waals surface area contributed by atoms with Gasteiger partial charge in [0.25, 0.3) is 5.56 Å². The molecule has 1 heterocycles. The number of ether oxygens (including phenoxy) is 2. The van der Waals surface area contributed by atoms with Crippen molar-refractivity contribution >= 4 is 28.8 Å². The molecule has 3 rings (SSSR count). The third-order valence-corrected chi connectivity index (χ3v) is 3.80. The molecule has 132 valence electrons. The van der Waals surface area contributed by atoms with Gasteiger partial charge in [-0.25, -0.2) is 9.78 Å². The van der Waals surface area contributed by atoms with Gasteiger partial charge in [-0.15, -0.1) is 0 Å². The lowest BCUT2D eigenvalue weighted by Crippen LogP contribution is -2.12. The van der Waals surface area contributed by atoms with Crippen molar-refractivity contribution in [2.24, 2.45) is 0 Å². The van der Waals surface area contributed by atoms with Crippen LogP contribution < -0.4 is 10.3 Å². The molecule has 0 saturated carbocycles.